The maximum absolute atomic E-state index is 8.91. The number of hydrogen-bond donors (Lipinski definition) is 2. The summed E-state index contributed by atoms with van der Waals surface area (Å²) in [7, 11) is 5.26. The minimum absolute atomic E-state index is 0.0146. The molecule has 0 aromatic heterocycles. The number of hydrogen-bond acceptors (Lipinski definition) is 5. The first-order valence-electron chi connectivity index (χ1n) is 6.36. The Kier molecular flexibility index (Phi) is 6.62. The van der Waals surface area contributed by atoms with E-state index < -0.39 is 0 Å². The Morgan fingerprint density at radius 1 is 1.26 bits per heavy atom. The normalized spacial score (nSPS) is 12.5. The van der Waals surface area contributed by atoms with E-state index in [0.717, 1.165) is 24.5 Å². The zero-order chi connectivity index (χ0) is 14.3. The van der Waals surface area contributed by atoms with Gasteiger partial charge in [0, 0.05) is 19.1 Å². The van der Waals surface area contributed by atoms with Gasteiger partial charge in [-0.1, -0.05) is 6.07 Å². The second kappa shape index (κ2) is 7.99. The van der Waals surface area contributed by atoms with Gasteiger partial charge in [0.25, 0.3) is 0 Å². The molecule has 0 aliphatic carbocycles. The third kappa shape index (κ3) is 5.06. The summed E-state index contributed by atoms with van der Waals surface area (Å²) >= 11 is 0. The number of nitrogens with zero attached hydrogens (tertiary/aromatic N) is 1. The second-order valence-corrected chi connectivity index (χ2v) is 4.64. The van der Waals surface area contributed by atoms with Crippen molar-refractivity contribution < 1.29 is 14.6 Å². The van der Waals surface area contributed by atoms with Crippen LogP contribution in [0.4, 0.5) is 0 Å². The number of methoxy groups -OCH3 is 2. The molecule has 1 atom stereocenters. The molecule has 0 spiro atoms. The maximum Gasteiger partial charge on any atom is 0.160 e. The molecule has 0 saturated carbocycles. The largest absolute Gasteiger partial charge is 0.493 e. The number of aliphatic hydroxyl groups is 1. The number of benzene rings is 1. The molecule has 3 N–H and O–H groups in total. The van der Waals surface area contributed by atoms with Crippen LogP contribution in [0.25, 0.3) is 0 Å². The van der Waals surface area contributed by atoms with Gasteiger partial charge in [0.1, 0.15) is 0 Å². The van der Waals surface area contributed by atoms with Crippen LogP contribution in [0.15, 0.2) is 18.2 Å². The van der Waals surface area contributed by atoms with Crippen LogP contribution in [-0.4, -0.2) is 57.0 Å². The first kappa shape index (κ1) is 15.8. The van der Waals surface area contributed by atoms with Gasteiger partial charge in [-0.2, -0.15) is 0 Å². The average Bonchev–Trinajstić information content (AvgIpc) is 2.44. The van der Waals surface area contributed by atoms with Gasteiger partial charge in [0.05, 0.1) is 20.8 Å². The summed E-state index contributed by atoms with van der Waals surface area (Å²) in [6.07, 6.45) is 0.898. The lowest BCUT2D eigenvalue weighted by Crippen LogP contribution is -2.38. The van der Waals surface area contributed by atoms with E-state index in [1.807, 2.05) is 25.2 Å². The quantitative estimate of drug-likeness (QED) is 0.718. The van der Waals surface area contributed by atoms with Gasteiger partial charge in [-0.3, -0.25) is 0 Å². The van der Waals surface area contributed by atoms with Crippen molar-refractivity contribution in [3.8, 4) is 11.5 Å². The molecule has 0 saturated heterocycles. The molecule has 0 amide bonds. The first-order valence-corrected chi connectivity index (χ1v) is 6.36. The fourth-order valence-electron chi connectivity index (χ4n) is 1.91. The minimum atomic E-state index is -0.185. The van der Waals surface area contributed by atoms with E-state index >= 15 is 0 Å². The van der Waals surface area contributed by atoms with Crippen molar-refractivity contribution in [2.24, 2.45) is 5.73 Å². The third-order valence-electron chi connectivity index (χ3n) is 3.01. The standard InChI is InChI=1S/C14H24N2O3/c1-16(9-12(15)10-17)7-6-11-4-5-13(18-2)14(8-11)19-3/h4-5,8,12,17H,6-7,9-10,15H2,1-3H3. The van der Waals surface area contributed by atoms with E-state index in [0.29, 0.717) is 6.54 Å². The monoisotopic (exact) mass is 268 g/mol. The van der Waals surface area contributed by atoms with E-state index in [4.69, 9.17) is 20.3 Å². The fraction of sp³-hybridized carbons (Fsp3) is 0.571. The van der Waals surface area contributed by atoms with Gasteiger partial charge in [-0.15, -0.1) is 0 Å². The molecular formula is C14H24N2O3. The average molecular weight is 268 g/mol. The lowest BCUT2D eigenvalue weighted by Gasteiger charge is -2.20. The molecule has 0 radical (unpaired) electrons. The molecule has 0 bridgehead atoms. The van der Waals surface area contributed by atoms with Crippen molar-refractivity contribution in [2.45, 2.75) is 12.5 Å². The third-order valence-corrected chi connectivity index (χ3v) is 3.01. The molecule has 1 unspecified atom stereocenters. The Labute approximate surface area is 114 Å². The van der Waals surface area contributed by atoms with Gasteiger partial charge in [-0.25, -0.2) is 0 Å². The summed E-state index contributed by atoms with van der Waals surface area (Å²) in [5, 5.41) is 8.91. The summed E-state index contributed by atoms with van der Waals surface area (Å²) in [6, 6.07) is 5.74. The van der Waals surface area contributed by atoms with E-state index in [1.165, 1.54) is 5.56 Å². The summed E-state index contributed by atoms with van der Waals surface area (Å²) in [5.74, 6) is 1.48. The predicted octanol–water partition coefficient (Wildman–Crippen LogP) is 0.498. The van der Waals surface area contributed by atoms with E-state index in [-0.39, 0.29) is 12.6 Å². The van der Waals surface area contributed by atoms with Crippen LogP contribution in [0.3, 0.4) is 0 Å². The van der Waals surface area contributed by atoms with Crippen molar-refractivity contribution in [2.75, 3.05) is 41.0 Å². The molecule has 1 aromatic rings. The molecule has 0 fully saturated rings. The topological polar surface area (TPSA) is 68.0 Å². The van der Waals surface area contributed by atoms with E-state index in [1.54, 1.807) is 14.2 Å². The van der Waals surface area contributed by atoms with Gasteiger partial charge in [0.2, 0.25) is 0 Å². The molecule has 0 aliphatic heterocycles. The van der Waals surface area contributed by atoms with E-state index in [9.17, 15) is 0 Å². The van der Waals surface area contributed by atoms with Gasteiger partial charge in [0.15, 0.2) is 11.5 Å². The highest BCUT2D eigenvalue weighted by atomic mass is 16.5. The lowest BCUT2D eigenvalue weighted by molar-refractivity contribution is 0.222. The van der Waals surface area contributed by atoms with E-state index in [2.05, 4.69) is 4.90 Å². The Morgan fingerprint density at radius 2 is 1.95 bits per heavy atom. The molecule has 1 aromatic carbocycles. The van der Waals surface area contributed by atoms with Crippen LogP contribution < -0.4 is 15.2 Å². The Morgan fingerprint density at radius 3 is 2.53 bits per heavy atom. The number of rotatable bonds is 8. The fourth-order valence-corrected chi connectivity index (χ4v) is 1.91. The van der Waals surface area contributed by atoms with Crippen LogP contribution in [-0.2, 0) is 6.42 Å². The summed E-state index contributed by atoms with van der Waals surface area (Å²) < 4.78 is 10.5. The Bertz CT molecular complexity index is 385. The lowest BCUT2D eigenvalue weighted by atomic mass is 10.1. The number of likely N-dealkylation sites (N-methyl/N-ethyl adjacent to an activating group) is 1. The molecular weight excluding hydrogens is 244 g/mol. The second-order valence-electron chi connectivity index (χ2n) is 4.64. The van der Waals surface area contributed by atoms with Gasteiger partial charge < -0.3 is 25.2 Å². The summed E-state index contributed by atoms with van der Waals surface area (Å²) in [6.45, 7) is 1.58. The zero-order valence-corrected chi connectivity index (χ0v) is 11.9. The molecule has 0 heterocycles. The van der Waals surface area contributed by atoms with Crippen LogP contribution in [0.5, 0.6) is 11.5 Å². The number of nitrogens with two attached hydrogens (primary N) is 1. The molecule has 5 nitrogen and oxygen atoms in total. The predicted molar refractivity (Wildman–Crippen MR) is 75.8 cm³/mol. The number of aliphatic hydroxyl groups excluding tert-OH is 1. The summed E-state index contributed by atoms with van der Waals surface area (Å²) in [4.78, 5) is 2.11. The zero-order valence-electron chi connectivity index (χ0n) is 11.9. The molecule has 108 valence electrons. The highest BCUT2D eigenvalue weighted by Crippen LogP contribution is 2.27. The first-order chi connectivity index (χ1) is 9.10. The molecule has 0 aliphatic rings. The highest BCUT2D eigenvalue weighted by Gasteiger charge is 2.08. The van der Waals surface area contributed by atoms with Gasteiger partial charge >= 0.3 is 0 Å². The number of ether oxygens (including phenoxy) is 2. The highest BCUT2D eigenvalue weighted by molar-refractivity contribution is 5.42. The van der Waals surface area contributed by atoms with Crippen molar-refractivity contribution in [1.82, 2.24) is 4.90 Å². The van der Waals surface area contributed by atoms with Crippen LogP contribution >= 0.6 is 0 Å². The van der Waals surface area contributed by atoms with Crippen molar-refractivity contribution in [3.63, 3.8) is 0 Å². The Balaban J connectivity index is 2.53. The molecule has 5 heteroatoms. The summed E-state index contributed by atoms with van der Waals surface area (Å²) in [5.41, 5.74) is 6.88. The molecule has 1 rings (SSSR count). The smallest absolute Gasteiger partial charge is 0.160 e. The van der Waals surface area contributed by atoms with Gasteiger partial charge in [-0.05, 0) is 31.2 Å². The van der Waals surface area contributed by atoms with Crippen LogP contribution in [0, 0.1) is 0 Å². The Hall–Kier alpha value is -1.30. The minimum Gasteiger partial charge on any atom is -0.493 e. The van der Waals surface area contributed by atoms with Crippen molar-refractivity contribution in [3.05, 3.63) is 23.8 Å². The van der Waals surface area contributed by atoms with Crippen LogP contribution in [0.1, 0.15) is 5.56 Å². The SMILES string of the molecule is COc1ccc(CCN(C)CC(N)CO)cc1OC. The maximum atomic E-state index is 8.91. The van der Waals surface area contributed by atoms with Crippen LogP contribution in [0.2, 0.25) is 0 Å². The van der Waals surface area contributed by atoms with Crippen molar-refractivity contribution >= 4 is 0 Å². The van der Waals surface area contributed by atoms with Crippen molar-refractivity contribution in [1.29, 1.82) is 0 Å². The molecule has 19 heavy (non-hydrogen) atoms.